The standard InChI is InChI=1S/C6H8O4/c1-3-9-4-2-8-6(7)5(4)10-3/h3-5H,2H2,1H3. The second-order valence-electron chi connectivity index (χ2n) is 2.43. The van der Waals surface area contributed by atoms with E-state index >= 15 is 0 Å². The third kappa shape index (κ3) is 0.726. The van der Waals surface area contributed by atoms with E-state index in [0.29, 0.717) is 6.61 Å². The van der Waals surface area contributed by atoms with Crippen LogP contribution in [0.4, 0.5) is 0 Å². The van der Waals surface area contributed by atoms with Crippen molar-refractivity contribution in [2.75, 3.05) is 6.61 Å². The van der Waals surface area contributed by atoms with Crippen molar-refractivity contribution < 1.29 is 19.0 Å². The molecule has 2 saturated heterocycles. The highest BCUT2D eigenvalue weighted by Crippen LogP contribution is 2.24. The molecular weight excluding hydrogens is 136 g/mol. The Morgan fingerprint density at radius 2 is 2.30 bits per heavy atom. The maximum absolute atomic E-state index is 10.8. The normalized spacial score (nSPS) is 45.3. The number of rotatable bonds is 0. The van der Waals surface area contributed by atoms with Gasteiger partial charge < -0.3 is 14.2 Å². The highest BCUT2D eigenvalue weighted by atomic mass is 16.8. The first kappa shape index (κ1) is 6.12. The minimum absolute atomic E-state index is 0.164. The number of fused-ring (bicyclic) bond motifs is 1. The van der Waals surface area contributed by atoms with E-state index in [1.807, 2.05) is 0 Å². The second-order valence-corrected chi connectivity index (χ2v) is 2.43. The Hall–Kier alpha value is -0.610. The van der Waals surface area contributed by atoms with Gasteiger partial charge in [-0.1, -0.05) is 0 Å². The van der Waals surface area contributed by atoms with E-state index in [1.165, 1.54) is 0 Å². The predicted octanol–water partition coefficient (Wildman–Crippen LogP) is -0.327. The van der Waals surface area contributed by atoms with E-state index in [-0.39, 0.29) is 18.4 Å². The molecule has 0 radical (unpaired) electrons. The lowest BCUT2D eigenvalue weighted by atomic mass is 10.3. The van der Waals surface area contributed by atoms with Crippen LogP contribution in [0.1, 0.15) is 6.92 Å². The zero-order chi connectivity index (χ0) is 7.14. The number of carbonyl (C=O) groups is 1. The molecule has 0 spiro atoms. The maximum Gasteiger partial charge on any atom is 0.338 e. The molecule has 3 atom stereocenters. The molecule has 0 aromatic rings. The number of esters is 1. The fraction of sp³-hybridized carbons (Fsp3) is 0.833. The Morgan fingerprint density at radius 3 is 3.00 bits per heavy atom. The van der Waals surface area contributed by atoms with Crippen molar-refractivity contribution in [3.8, 4) is 0 Å². The number of carbonyl (C=O) groups excluding carboxylic acids is 1. The molecule has 0 N–H and O–H groups in total. The van der Waals surface area contributed by atoms with Crippen LogP contribution in [0.15, 0.2) is 0 Å². The fourth-order valence-electron chi connectivity index (χ4n) is 1.22. The summed E-state index contributed by atoms with van der Waals surface area (Å²) >= 11 is 0. The maximum atomic E-state index is 10.8. The van der Waals surface area contributed by atoms with Crippen molar-refractivity contribution in [3.63, 3.8) is 0 Å². The summed E-state index contributed by atoms with van der Waals surface area (Å²) in [6, 6.07) is 0. The molecular formula is C6H8O4. The van der Waals surface area contributed by atoms with E-state index in [2.05, 4.69) is 4.74 Å². The quantitative estimate of drug-likeness (QED) is 0.437. The molecule has 3 unspecified atom stereocenters. The third-order valence-electron chi connectivity index (χ3n) is 1.66. The second kappa shape index (κ2) is 1.93. The lowest BCUT2D eigenvalue weighted by molar-refractivity contribution is -0.153. The van der Waals surface area contributed by atoms with E-state index in [4.69, 9.17) is 9.47 Å². The van der Waals surface area contributed by atoms with Gasteiger partial charge in [-0.25, -0.2) is 4.79 Å². The Balaban J connectivity index is 2.12. The van der Waals surface area contributed by atoms with Crippen LogP contribution >= 0.6 is 0 Å². The first-order valence-corrected chi connectivity index (χ1v) is 3.25. The van der Waals surface area contributed by atoms with Crippen LogP contribution in [0.5, 0.6) is 0 Å². The third-order valence-corrected chi connectivity index (χ3v) is 1.66. The molecule has 2 aliphatic heterocycles. The molecule has 10 heavy (non-hydrogen) atoms. The highest BCUT2D eigenvalue weighted by Gasteiger charge is 2.45. The van der Waals surface area contributed by atoms with E-state index in [9.17, 15) is 4.79 Å². The molecule has 0 aromatic heterocycles. The molecule has 4 heteroatoms. The number of ether oxygens (including phenoxy) is 3. The highest BCUT2D eigenvalue weighted by molar-refractivity contribution is 5.77. The summed E-state index contributed by atoms with van der Waals surface area (Å²) in [4.78, 5) is 10.8. The topological polar surface area (TPSA) is 44.8 Å². The lowest BCUT2D eigenvalue weighted by Gasteiger charge is -2.03. The van der Waals surface area contributed by atoms with Gasteiger partial charge in [0, 0.05) is 0 Å². The van der Waals surface area contributed by atoms with E-state index in [0.717, 1.165) is 0 Å². The van der Waals surface area contributed by atoms with Gasteiger partial charge in [-0.05, 0) is 6.92 Å². The molecule has 2 heterocycles. The Labute approximate surface area is 58.1 Å². The molecule has 4 nitrogen and oxygen atoms in total. The first-order valence-electron chi connectivity index (χ1n) is 3.25. The van der Waals surface area contributed by atoms with Gasteiger partial charge in [-0.2, -0.15) is 0 Å². The van der Waals surface area contributed by atoms with Crippen LogP contribution in [0.3, 0.4) is 0 Å². The van der Waals surface area contributed by atoms with Crippen LogP contribution in [-0.4, -0.2) is 31.1 Å². The number of hydrogen-bond acceptors (Lipinski definition) is 4. The van der Waals surface area contributed by atoms with Gasteiger partial charge in [-0.3, -0.25) is 0 Å². The summed E-state index contributed by atoms with van der Waals surface area (Å²) in [5.41, 5.74) is 0. The summed E-state index contributed by atoms with van der Waals surface area (Å²) in [7, 11) is 0. The Kier molecular flexibility index (Phi) is 1.18. The molecule has 0 aromatic carbocycles. The van der Waals surface area contributed by atoms with Crippen molar-refractivity contribution in [1.82, 2.24) is 0 Å². The van der Waals surface area contributed by atoms with Gasteiger partial charge >= 0.3 is 5.97 Å². The zero-order valence-electron chi connectivity index (χ0n) is 5.57. The van der Waals surface area contributed by atoms with Gasteiger partial charge in [0.25, 0.3) is 0 Å². The van der Waals surface area contributed by atoms with E-state index < -0.39 is 6.10 Å². The van der Waals surface area contributed by atoms with Gasteiger partial charge in [0.15, 0.2) is 12.4 Å². The van der Waals surface area contributed by atoms with Gasteiger partial charge in [0.2, 0.25) is 0 Å². The monoisotopic (exact) mass is 144 g/mol. The lowest BCUT2D eigenvalue weighted by Crippen LogP contribution is -2.22. The van der Waals surface area contributed by atoms with Crippen molar-refractivity contribution >= 4 is 5.97 Å². The minimum atomic E-state index is -0.463. The minimum Gasteiger partial charge on any atom is -0.461 e. The fourth-order valence-corrected chi connectivity index (χ4v) is 1.22. The van der Waals surface area contributed by atoms with Crippen LogP contribution in [0.2, 0.25) is 0 Å². The summed E-state index contributed by atoms with van der Waals surface area (Å²) < 4.78 is 15.0. The largest absolute Gasteiger partial charge is 0.461 e. The van der Waals surface area contributed by atoms with Gasteiger partial charge in [0.05, 0.1) is 0 Å². The number of cyclic esters (lactones) is 1. The van der Waals surface area contributed by atoms with Crippen LogP contribution in [0, 0.1) is 0 Å². The van der Waals surface area contributed by atoms with Crippen molar-refractivity contribution in [3.05, 3.63) is 0 Å². The summed E-state index contributed by atoms with van der Waals surface area (Å²) in [6.07, 6.45) is -0.889. The van der Waals surface area contributed by atoms with Crippen molar-refractivity contribution in [1.29, 1.82) is 0 Å². The molecule has 0 aliphatic carbocycles. The van der Waals surface area contributed by atoms with E-state index in [1.54, 1.807) is 6.92 Å². The smallest absolute Gasteiger partial charge is 0.338 e. The number of hydrogen-bond donors (Lipinski definition) is 0. The summed E-state index contributed by atoms with van der Waals surface area (Å²) in [5.74, 6) is -0.297. The molecule has 0 bridgehead atoms. The summed E-state index contributed by atoms with van der Waals surface area (Å²) in [6.45, 7) is 2.11. The Bertz CT molecular complexity index is 167. The molecule has 0 amide bonds. The van der Waals surface area contributed by atoms with Crippen LogP contribution in [-0.2, 0) is 19.0 Å². The average Bonchev–Trinajstić information content (AvgIpc) is 2.35. The average molecular weight is 144 g/mol. The van der Waals surface area contributed by atoms with Crippen molar-refractivity contribution in [2.24, 2.45) is 0 Å². The van der Waals surface area contributed by atoms with Gasteiger partial charge in [-0.15, -0.1) is 0 Å². The van der Waals surface area contributed by atoms with Crippen molar-refractivity contribution in [2.45, 2.75) is 25.4 Å². The molecule has 2 rings (SSSR count). The predicted molar refractivity (Wildman–Crippen MR) is 30.2 cm³/mol. The molecule has 2 fully saturated rings. The summed E-state index contributed by atoms with van der Waals surface area (Å²) in [5, 5.41) is 0. The SMILES string of the molecule is CC1OC2COC(=O)C2O1. The molecule has 56 valence electrons. The van der Waals surface area contributed by atoms with Gasteiger partial charge in [0.1, 0.15) is 12.7 Å². The zero-order valence-corrected chi connectivity index (χ0v) is 5.57. The molecule has 0 saturated carbocycles. The Morgan fingerprint density at radius 1 is 1.50 bits per heavy atom. The first-order chi connectivity index (χ1) is 4.77. The molecule has 2 aliphatic rings. The van der Waals surface area contributed by atoms with Crippen LogP contribution in [0.25, 0.3) is 0 Å². The van der Waals surface area contributed by atoms with Crippen LogP contribution < -0.4 is 0 Å².